The lowest BCUT2D eigenvalue weighted by Gasteiger charge is -2.11. The number of aryl methyl sites for hydroxylation is 1. The van der Waals surface area contributed by atoms with Gasteiger partial charge in [-0.25, -0.2) is 0 Å². The number of hydrogen-bond acceptors (Lipinski definition) is 3. The van der Waals surface area contributed by atoms with Gasteiger partial charge in [0.2, 0.25) is 5.91 Å². The lowest BCUT2D eigenvalue weighted by molar-refractivity contribution is -0.115. The number of benzene rings is 1. The fourth-order valence-corrected chi connectivity index (χ4v) is 2.40. The van der Waals surface area contributed by atoms with Gasteiger partial charge in [-0.2, -0.15) is 0 Å². The quantitative estimate of drug-likeness (QED) is 0.752. The maximum absolute atomic E-state index is 11.7. The van der Waals surface area contributed by atoms with Gasteiger partial charge >= 0.3 is 0 Å². The van der Waals surface area contributed by atoms with E-state index in [-0.39, 0.29) is 5.91 Å². The normalized spacial score (nSPS) is 15.4. The molecule has 0 saturated heterocycles. The van der Waals surface area contributed by atoms with Gasteiger partial charge in [0.25, 0.3) is 0 Å². The van der Waals surface area contributed by atoms with Crippen LogP contribution in [0.3, 0.4) is 0 Å². The highest BCUT2D eigenvalue weighted by Crippen LogP contribution is 2.20. The minimum Gasteiger partial charge on any atom is -0.377 e. The van der Waals surface area contributed by atoms with Crippen molar-refractivity contribution in [1.29, 1.82) is 0 Å². The van der Waals surface area contributed by atoms with Crippen LogP contribution in [0.25, 0.3) is 0 Å². The maximum atomic E-state index is 11.7. The summed E-state index contributed by atoms with van der Waals surface area (Å²) < 4.78 is 5.72. The number of ether oxygens (including phenoxy) is 1. The van der Waals surface area contributed by atoms with Crippen LogP contribution in [-0.4, -0.2) is 31.7 Å². The van der Waals surface area contributed by atoms with Crippen molar-refractivity contribution in [2.45, 2.75) is 38.7 Å². The summed E-state index contributed by atoms with van der Waals surface area (Å²) in [5.74, 6) is -0.0188. The second kappa shape index (κ2) is 8.02. The van der Waals surface area contributed by atoms with Crippen LogP contribution in [0.4, 0.5) is 5.69 Å². The lowest BCUT2D eigenvalue weighted by Crippen LogP contribution is -2.31. The molecule has 0 heterocycles. The molecule has 0 radical (unpaired) electrons. The SMILES string of the molecule is Cc1ccc(NC(=O)CNCCOC2CCCC2)cc1. The molecule has 0 bridgehead atoms. The van der Waals surface area contributed by atoms with Crippen LogP contribution in [0.5, 0.6) is 0 Å². The van der Waals surface area contributed by atoms with Crippen LogP contribution < -0.4 is 10.6 Å². The van der Waals surface area contributed by atoms with E-state index in [0.717, 1.165) is 12.2 Å². The van der Waals surface area contributed by atoms with E-state index in [1.165, 1.54) is 31.2 Å². The third-order valence-electron chi connectivity index (χ3n) is 3.56. The Labute approximate surface area is 120 Å². The number of nitrogens with one attached hydrogen (secondary N) is 2. The highest BCUT2D eigenvalue weighted by molar-refractivity contribution is 5.92. The maximum Gasteiger partial charge on any atom is 0.238 e. The Morgan fingerprint density at radius 3 is 2.65 bits per heavy atom. The average molecular weight is 276 g/mol. The summed E-state index contributed by atoms with van der Waals surface area (Å²) >= 11 is 0. The highest BCUT2D eigenvalue weighted by atomic mass is 16.5. The zero-order valence-electron chi connectivity index (χ0n) is 12.2. The Kier molecular flexibility index (Phi) is 6.02. The Morgan fingerprint density at radius 1 is 1.25 bits per heavy atom. The van der Waals surface area contributed by atoms with E-state index in [0.29, 0.717) is 19.3 Å². The molecule has 1 aliphatic rings. The van der Waals surface area contributed by atoms with Crippen LogP contribution in [0, 0.1) is 6.92 Å². The second-order valence-electron chi connectivity index (χ2n) is 5.37. The standard InChI is InChI=1S/C16H24N2O2/c1-13-6-8-14(9-7-13)18-16(19)12-17-10-11-20-15-4-2-3-5-15/h6-9,15,17H,2-5,10-12H2,1H3,(H,18,19). The van der Waals surface area contributed by atoms with Gasteiger partial charge in [-0.3, -0.25) is 4.79 Å². The van der Waals surface area contributed by atoms with Gasteiger partial charge < -0.3 is 15.4 Å². The molecule has 1 aromatic carbocycles. The van der Waals surface area contributed by atoms with Crippen molar-refractivity contribution in [3.05, 3.63) is 29.8 Å². The number of amides is 1. The van der Waals surface area contributed by atoms with E-state index in [1.807, 2.05) is 31.2 Å². The Morgan fingerprint density at radius 2 is 1.95 bits per heavy atom. The Balaban J connectivity index is 1.54. The van der Waals surface area contributed by atoms with Gasteiger partial charge in [0.05, 0.1) is 19.3 Å². The molecule has 4 heteroatoms. The van der Waals surface area contributed by atoms with Crippen molar-refractivity contribution >= 4 is 11.6 Å². The smallest absolute Gasteiger partial charge is 0.238 e. The summed E-state index contributed by atoms with van der Waals surface area (Å²) in [4.78, 5) is 11.7. The van der Waals surface area contributed by atoms with Crippen LogP contribution >= 0.6 is 0 Å². The number of hydrogen-bond donors (Lipinski definition) is 2. The highest BCUT2D eigenvalue weighted by Gasteiger charge is 2.14. The molecule has 2 N–H and O–H groups in total. The molecule has 1 aromatic rings. The topological polar surface area (TPSA) is 50.4 Å². The van der Waals surface area contributed by atoms with Gasteiger partial charge in [0, 0.05) is 12.2 Å². The fourth-order valence-electron chi connectivity index (χ4n) is 2.40. The first-order valence-corrected chi connectivity index (χ1v) is 7.43. The number of carbonyl (C=O) groups excluding carboxylic acids is 1. The van der Waals surface area contributed by atoms with Crippen molar-refractivity contribution in [3.63, 3.8) is 0 Å². The molecule has 1 aliphatic carbocycles. The number of rotatable bonds is 7. The zero-order valence-corrected chi connectivity index (χ0v) is 12.2. The first-order valence-electron chi connectivity index (χ1n) is 7.43. The summed E-state index contributed by atoms with van der Waals surface area (Å²) in [5, 5.41) is 5.96. The molecule has 2 rings (SSSR count). The van der Waals surface area contributed by atoms with Crippen LogP contribution in [0.15, 0.2) is 24.3 Å². The van der Waals surface area contributed by atoms with Crippen LogP contribution in [0.1, 0.15) is 31.2 Å². The molecular weight excluding hydrogens is 252 g/mol. The summed E-state index contributed by atoms with van der Waals surface area (Å²) in [5.41, 5.74) is 2.02. The lowest BCUT2D eigenvalue weighted by atomic mass is 10.2. The summed E-state index contributed by atoms with van der Waals surface area (Å²) in [6.45, 7) is 3.75. The second-order valence-corrected chi connectivity index (χ2v) is 5.37. The van der Waals surface area contributed by atoms with Gasteiger partial charge in [0.15, 0.2) is 0 Å². The molecule has 4 nitrogen and oxygen atoms in total. The van der Waals surface area contributed by atoms with Crippen molar-refractivity contribution in [2.75, 3.05) is 25.0 Å². The van der Waals surface area contributed by atoms with Crippen molar-refractivity contribution < 1.29 is 9.53 Å². The van der Waals surface area contributed by atoms with Crippen LogP contribution in [0.2, 0.25) is 0 Å². The fraction of sp³-hybridized carbons (Fsp3) is 0.562. The first kappa shape index (κ1) is 15.0. The molecule has 0 spiro atoms. The minimum atomic E-state index is -0.0188. The third-order valence-corrected chi connectivity index (χ3v) is 3.56. The van der Waals surface area contributed by atoms with E-state index >= 15 is 0 Å². The third kappa shape index (κ3) is 5.31. The molecule has 1 saturated carbocycles. The summed E-state index contributed by atoms with van der Waals surface area (Å²) in [7, 11) is 0. The van der Waals surface area contributed by atoms with Crippen molar-refractivity contribution in [1.82, 2.24) is 5.32 Å². The largest absolute Gasteiger partial charge is 0.377 e. The summed E-state index contributed by atoms with van der Waals surface area (Å²) in [6, 6.07) is 7.80. The number of carbonyl (C=O) groups is 1. The predicted molar refractivity (Wildman–Crippen MR) is 80.9 cm³/mol. The Bertz CT molecular complexity index is 411. The van der Waals surface area contributed by atoms with E-state index in [9.17, 15) is 4.79 Å². The molecular formula is C16H24N2O2. The molecule has 1 amide bonds. The van der Waals surface area contributed by atoms with E-state index in [4.69, 9.17) is 4.74 Å². The van der Waals surface area contributed by atoms with E-state index < -0.39 is 0 Å². The molecule has 0 aliphatic heterocycles. The molecule has 0 unspecified atom stereocenters. The monoisotopic (exact) mass is 276 g/mol. The van der Waals surface area contributed by atoms with Crippen LogP contribution in [-0.2, 0) is 9.53 Å². The average Bonchev–Trinajstić information content (AvgIpc) is 2.94. The van der Waals surface area contributed by atoms with Gasteiger partial charge in [0.1, 0.15) is 0 Å². The molecule has 0 atom stereocenters. The van der Waals surface area contributed by atoms with E-state index in [1.54, 1.807) is 0 Å². The Hall–Kier alpha value is -1.39. The molecule has 1 fully saturated rings. The van der Waals surface area contributed by atoms with Crippen molar-refractivity contribution in [2.24, 2.45) is 0 Å². The van der Waals surface area contributed by atoms with Crippen molar-refractivity contribution in [3.8, 4) is 0 Å². The first-order chi connectivity index (χ1) is 9.74. The van der Waals surface area contributed by atoms with E-state index in [2.05, 4.69) is 10.6 Å². The minimum absolute atomic E-state index is 0.0188. The number of anilines is 1. The molecule has 0 aromatic heterocycles. The molecule has 110 valence electrons. The van der Waals surface area contributed by atoms with Gasteiger partial charge in [-0.05, 0) is 31.9 Å². The summed E-state index contributed by atoms with van der Waals surface area (Å²) in [6.07, 6.45) is 5.40. The van der Waals surface area contributed by atoms with Gasteiger partial charge in [-0.1, -0.05) is 30.5 Å². The zero-order chi connectivity index (χ0) is 14.2. The predicted octanol–water partition coefficient (Wildman–Crippen LogP) is 2.48. The van der Waals surface area contributed by atoms with Gasteiger partial charge in [-0.15, -0.1) is 0 Å². The molecule has 20 heavy (non-hydrogen) atoms.